The third-order valence-electron chi connectivity index (χ3n) is 3.29. The van der Waals surface area contributed by atoms with Crippen molar-refractivity contribution < 1.29 is 47.8 Å². The molecule has 0 aromatic carbocycles. The van der Waals surface area contributed by atoms with E-state index in [1.165, 1.54) is 39.0 Å². The Morgan fingerprint density at radius 3 is 1.10 bits per heavy atom. The molecule has 0 saturated heterocycles. The van der Waals surface area contributed by atoms with Gasteiger partial charge in [0.1, 0.15) is 0 Å². The lowest BCUT2D eigenvalue weighted by Crippen LogP contribution is -2.15. The lowest BCUT2D eigenvalue weighted by atomic mass is 10.2. The number of rotatable bonds is 12. The molecule has 164 valence electrons. The van der Waals surface area contributed by atoms with Crippen LogP contribution in [0.25, 0.3) is 0 Å². The van der Waals surface area contributed by atoms with Gasteiger partial charge in [0.25, 0.3) is 0 Å². The Bertz CT molecular complexity index is 625. The number of carbonyl (C=O) groups is 3. The van der Waals surface area contributed by atoms with E-state index in [0.29, 0.717) is 0 Å². The molecule has 10 nitrogen and oxygen atoms in total. The Balaban J connectivity index is 5.62. The molecule has 0 heterocycles. The molecule has 0 atom stereocenters. The summed E-state index contributed by atoms with van der Waals surface area (Å²) in [5, 5.41) is 26.4. The molecule has 0 aromatic heterocycles. The zero-order chi connectivity index (χ0) is 22.4. The maximum absolute atomic E-state index is 12.8. The minimum absolute atomic E-state index is 0.0496. The summed E-state index contributed by atoms with van der Waals surface area (Å²) in [6, 6.07) is 0. The molecule has 0 radical (unpaired) electrons. The maximum Gasteiger partial charge on any atom is 0.654 e. The van der Waals surface area contributed by atoms with Gasteiger partial charge in [0.05, 0.1) is 0 Å². The molecule has 0 aliphatic carbocycles. The average Bonchev–Trinajstić information content (AvgIpc) is 2.67. The van der Waals surface area contributed by atoms with Crippen LogP contribution in [0.5, 0.6) is 0 Å². The molecule has 0 aliphatic rings. The monoisotopic (exact) mass is 434 g/mol. The topological polar surface area (TPSA) is 157 Å². The fourth-order valence-electron chi connectivity index (χ4n) is 1.67. The third-order valence-corrected chi connectivity index (χ3v) is 4.46. The van der Waals surface area contributed by atoms with E-state index >= 15 is 0 Å². The van der Waals surface area contributed by atoms with Gasteiger partial charge in [0, 0.05) is 36.5 Å². The fraction of sp³-hybridized carbons (Fsp3) is 0.500. The highest BCUT2D eigenvalue weighted by Gasteiger charge is 2.40. The molecular weight excluding hydrogens is 407 g/mol. The highest BCUT2D eigenvalue weighted by atomic mass is 31.2. The molecule has 0 fully saturated rings. The lowest BCUT2D eigenvalue weighted by molar-refractivity contribution is -0.139. The van der Waals surface area contributed by atoms with Gasteiger partial charge in [-0.2, -0.15) is 4.57 Å². The lowest BCUT2D eigenvalue weighted by Gasteiger charge is -2.17. The van der Waals surface area contributed by atoms with Crippen LogP contribution in [-0.4, -0.2) is 53.0 Å². The van der Waals surface area contributed by atoms with Crippen LogP contribution in [0.3, 0.4) is 0 Å². The van der Waals surface area contributed by atoms with E-state index in [2.05, 4.69) is 13.6 Å². The summed E-state index contributed by atoms with van der Waals surface area (Å²) in [5.41, 5.74) is -0.149. The number of phosphoric acid groups is 1. The zero-order valence-electron chi connectivity index (χ0n) is 16.6. The van der Waals surface area contributed by atoms with E-state index in [0.717, 1.165) is 0 Å². The van der Waals surface area contributed by atoms with Gasteiger partial charge >= 0.3 is 25.7 Å². The first kappa shape index (κ1) is 26.7. The zero-order valence-corrected chi connectivity index (χ0v) is 17.5. The van der Waals surface area contributed by atoms with Crippen molar-refractivity contribution in [1.29, 1.82) is 0 Å². The van der Waals surface area contributed by atoms with Crippen LogP contribution < -0.4 is 0 Å². The normalized spacial score (nSPS) is 13.1. The first-order valence-electron chi connectivity index (χ1n) is 8.74. The molecule has 0 bridgehead atoms. The van der Waals surface area contributed by atoms with Gasteiger partial charge < -0.3 is 28.9 Å². The molecule has 0 aliphatic heterocycles. The second-order valence-electron chi connectivity index (χ2n) is 5.78. The van der Waals surface area contributed by atoms with Crippen molar-refractivity contribution in [2.75, 3.05) is 19.8 Å². The smallest absolute Gasteiger partial charge is 0.396 e. The van der Waals surface area contributed by atoms with Crippen LogP contribution in [0, 0.1) is 0 Å². The number of carbonyl (C=O) groups excluding carboxylic acids is 3. The second-order valence-corrected chi connectivity index (χ2v) is 7.22. The van der Waals surface area contributed by atoms with Crippen molar-refractivity contribution in [2.45, 2.75) is 40.0 Å². The van der Waals surface area contributed by atoms with Crippen molar-refractivity contribution >= 4 is 25.7 Å². The Labute approximate surface area is 169 Å². The van der Waals surface area contributed by atoms with Gasteiger partial charge in [-0.25, -0.2) is 14.4 Å². The molecule has 0 aromatic rings. The molecule has 0 amide bonds. The number of aliphatic hydroxyl groups excluding tert-OH is 3. The van der Waals surface area contributed by atoms with Gasteiger partial charge in [0.2, 0.25) is 0 Å². The van der Waals surface area contributed by atoms with Crippen molar-refractivity contribution in [3.8, 4) is 0 Å². The van der Waals surface area contributed by atoms with E-state index in [9.17, 15) is 18.9 Å². The van der Waals surface area contributed by atoms with Crippen molar-refractivity contribution in [3.05, 3.63) is 34.9 Å². The molecule has 11 heteroatoms. The predicted molar refractivity (Wildman–Crippen MR) is 102 cm³/mol. The molecule has 0 saturated carbocycles. The second kappa shape index (κ2) is 13.8. The maximum atomic E-state index is 12.8. The number of hydrogen-bond donors (Lipinski definition) is 3. The molecule has 0 rings (SSSR count). The summed E-state index contributed by atoms with van der Waals surface area (Å²) < 4.78 is 26.8. The summed E-state index contributed by atoms with van der Waals surface area (Å²) >= 11 is 0. The number of aliphatic hydroxyl groups is 3. The standard InChI is InChI=1S/C18H27O10P/c1-13(7-4-10-19)16(22)26-29(25,27-17(23)14(2)8-5-11-20)28-18(24)15(3)9-6-12-21/h7-9,19-21H,4-6,10-12H2,1-3H3/b13-7+,14-8+,15-9+. The van der Waals surface area contributed by atoms with Crippen LogP contribution in [0.1, 0.15) is 40.0 Å². The van der Waals surface area contributed by atoms with Crippen molar-refractivity contribution in [2.24, 2.45) is 0 Å². The van der Waals surface area contributed by atoms with Crippen molar-refractivity contribution in [3.63, 3.8) is 0 Å². The highest BCUT2D eigenvalue weighted by molar-refractivity contribution is 7.50. The Hall–Kier alpha value is -2.26. The van der Waals surface area contributed by atoms with Crippen LogP contribution in [0.2, 0.25) is 0 Å². The summed E-state index contributed by atoms with van der Waals surface area (Å²) in [5.74, 6) is -3.51. The Morgan fingerprint density at radius 1 is 0.655 bits per heavy atom. The minimum Gasteiger partial charge on any atom is -0.396 e. The van der Waals surface area contributed by atoms with E-state index in [1.54, 1.807) is 0 Å². The molecule has 3 N–H and O–H groups in total. The third kappa shape index (κ3) is 10.7. The Kier molecular flexibility index (Phi) is 12.8. The van der Waals surface area contributed by atoms with E-state index < -0.39 is 25.7 Å². The molecular formula is C18H27O10P. The Morgan fingerprint density at radius 2 is 0.897 bits per heavy atom. The van der Waals surface area contributed by atoms with E-state index in [-0.39, 0.29) is 55.8 Å². The largest absolute Gasteiger partial charge is 0.654 e. The summed E-state index contributed by atoms with van der Waals surface area (Å²) in [6.07, 6.45) is 4.27. The predicted octanol–water partition coefficient (Wildman–Crippen LogP) is 1.71. The van der Waals surface area contributed by atoms with Gasteiger partial charge in [-0.05, 0) is 40.0 Å². The summed E-state index contributed by atoms with van der Waals surface area (Å²) in [6.45, 7) is 3.21. The highest BCUT2D eigenvalue weighted by Crippen LogP contribution is 2.51. The number of hydrogen-bond acceptors (Lipinski definition) is 10. The fourth-order valence-corrected chi connectivity index (χ4v) is 2.82. The first-order valence-corrected chi connectivity index (χ1v) is 10.2. The quantitative estimate of drug-likeness (QED) is 0.305. The number of phosphoric ester groups is 1. The molecule has 0 unspecified atom stereocenters. The SMILES string of the molecule is C/C(=C\CCO)C(=O)OP(=O)(OC(=O)/C(C)=C/CCO)OC(=O)/C(C)=C/CCO. The van der Waals surface area contributed by atoms with Crippen LogP contribution in [0.4, 0.5) is 0 Å². The summed E-state index contributed by atoms with van der Waals surface area (Å²) in [4.78, 5) is 36.3. The molecule has 0 spiro atoms. The van der Waals surface area contributed by atoms with E-state index in [4.69, 9.17) is 15.3 Å². The van der Waals surface area contributed by atoms with Crippen LogP contribution >= 0.6 is 7.82 Å². The van der Waals surface area contributed by atoms with Crippen LogP contribution in [-0.2, 0) is 32.5 Å². The van der Waals surface area contributed by atoms with Crippen LogP contribution in [0.15, 0.2) is 34.9 Å². The van der Waals surface area contributed by atoms with Gasteiger partial charge in [-0.15, -0.1) is 0 Å². The van der Waals surface area contributed by atoms with Crippen molar-refractivity contribution in [1.82, 2.24) is 0 Å². The van der Waals surface area contributed by atoms with E-state index in [1.807, 2.05) is 0 Å². The minimum atomic E-state index is -5.00. The average molecular weight is 434 g/mol. The van der Waals surface area contributed by atoms with Gasteiger partial charge in [-0.3, -0.25) is 0 Å². The molecule has 29 heavy (non-hydrogen) atoms. The van der Waals surface area contributed by atoms with Gasteiger partial charge in [-0.1, -0.05) is 18.2 Å². The first-order chi connectivity index (χ1) is 13.6. The summed E-state index contributed by atoms with van der Waals surface area (Å²) in [7, 11) is -5.00. The van der Waals surface area contributed by atoms with Gasteiger partial charge in [0.15, 0.2) is 0 Å².